The highest BCUT2D eigenvalue weighted by Gasteiger charge is 2.35. The summed E-state index contributed by atoms with van der Waals surface area (Å²) in [4.78, 5) is 0. The molecule has 0 heterocycles. The lowest BCUT2D eigenvalue weighted by Gasteiger charge is -2.16. The fourth-order valence-electron chi connectivity index (χ4n) is 2.07. The number of alkyl halides is 6. The standard InChI is InChI=1S/C15H10F6O2/c1-22-13-11(6-3-7-12(13)14(16,17)18)9-4-2-5-10(8-9)23-15(19,20)21/h2-8H,1H3. The Balaban J connectivity index is 2.53. The summed E-state index contributed by atoms with van der Waals surface area (Å²) < 4.78 is 84.3. The third kappa shape index (κ3) is 4.08. The Hall–Kier alpha value is -2.38. The van der Waals surface area contributed by atoms with Crippen LogP contribution in [0.2, 0.25) is 0 Å². The molecule has 0 unspecified atom stereocenters. The number of rotatable bonds is 3. The Bertz CT molecular complexity index is 691. The van der Waals surface area contributed by atoms with Gasteiger partial charge in [-0.3, -0.25) is 0 Å². The van der Waals surface area contributed by atoms with Gasteiger partial charge in [-0.25, -0.2) is 0 Å². The number of hydrogen-bond donors (Lipinski definition) is 0. The molecule has 0 aliphatic rings. The van der Waals surface area contributed by atoms with E-state index in [2.05, 4.69) is 4.74 Å². The van der Waals surface area contributed by atoms with E-state index >= 15 is 0 Å². The van der Waals surface area contributed by atoms with E-state index in [1.807, 2.05) is 0 Å². The number of para-hydroxylation sites is 1. The lowest BCUT2D eigenvalue weighted by atomic mass is 10.0. The zero-order chi connectivity index (χ0) is 17.3. The largest absolute Gasteiger partial charge is 0.573 e. The molecular formula is C15H10F6O2. The number of halogens is 6. The van der Waals surface area contributed by atoms with Crippen LogP contribution in [0.15, 0.2) is 42.5 Å². The molecule has 23 heavy (non-hydrogen) atoms. The number of hydrogen-bond acceptors (Lipinski definition) is 2. The van der Waals surface area contributed by atoms with Crippen molar-refractivity contribution in [3.05, 3.63) is 48.0 Å². The summed E-state index contributed by atoms with van der Waals surface area (Å²) in [6.45, 7) is 0. The van der Waals surface area contributed by atoms with Gasteiger partial charge in [0.2, 0.25) is 0 Å². The van der Waals surface area contributed by atoms with Gasteiger partial charge >= 0.3 is 12.5 Å². The van der Waals surface area contributed by atoms with E-state index in [4.69, 9.17) is 4.74 Å². The van der Waals surface area contributed by atoms with Crippen LogP contribution in [0.1, 0.15) is 5.56 Å². The molecule has 0 atom stereocenters. The summed E-state index contributed by atoms with van der Waals surface area (Å²) in [5.74, 6) is -1.00. The topological polar surface area (TPSA) is 18.5 Å². The van der Waals surface area contributed by atoms with Crippen molar-refractivity contribution in [2.24, 2.45) is 0 Å². The van der Waals surface area contributed by atoms with E-state index in [1.165, 1.54) is 18.2 Å². The maximum absolute atomic E-state index is 13.0. The highest BCUT2D eigenvalue weighted by atomic mass is 19.4. The van der Waals surface area contributed by atoms with Gasteiger partial charge in [0.05, 0.1) is 12.7 Å². The highest BCUT2D eigenvalue weighted by Crippen LogP contribution is 2.42. The lowest BCUT2D eigenvalue weighted by Crippen LogP contribution is -2.17. The van der Waals surface area contributed by atoms with Crippen LogP contribution in [0.5, 0.6) is 11.5 Å². The third-order valence-electron chi connectivity index (χ3n) is 2.90. The van der Waals surface area contributed by atoms with Crippen molar-refractivity contribution in [2.45, 2.75) is 12.5 Å². The van der Waals surface area contributed by atoms with Crippen molar-refractivity contribution >= 4 is 0 Å². The smallest absolute Gasteiger partial charge is 0.495 e. The normalized spacial score (nSPS) is 12.1. The van der Waals surface area contributed by atoms with Crippen LogP contribution in [0.4, 0.5) is 26.3 Å². The van der Waals surface area contributed by atoms with Crippen LogP contribution in [0.3, 0.4) is 0 Å². The molecule has 2 aromatic carbocycles. The van der Waals surface area contributed by atoms with Gasteiger partial charge < -0.3 is 9.47 Å². The minimum atomic E-state index is -4.89. The molecular weight excluding hydrogens is 326 g/mol. The summed E-state index contributed by atoms with van der Waals surface area (Å²) in [7, 11) is 1.06. The third-order valence-corrected chi connectivity index (χ3v) is 2.90. The van der Waals surface area contributed by atoms with E-state index in [-0.39, 0.29) is 11.1 Å². The van der Waals surface area contributed by atoms with E-state index in [0.29, 0.717) is 0 Å². The first-order valence-electron chi connectivity index (χ1n) is 6.22. The highest BCUT2D eigenvalue weighted by molar-refractivity contribution is 5.73. The first-order chi connectivity index (χ1) is 10.6. The van der Waals surface area contributed by atoms with Crippen molar-refractivity contribution in [2.75, 3.05) is 7.11 Å². The Labute approximate surface area is 127 Å². The average Bonchev–Trinajstić information content (AvgIpc) is 2.44. The number of ether oxygens (including phenoxy) is 2. The maximum Gasteiger partial charge on any atom is 0.573 e. The molecule has 0 radical (unpaired) electrons. The fourth-order valence-corrected chi connectivity index (χ4v) is 2.07. The molecule has 8 heteroatoms. The van der Waals surface area contributed by atoms with Gasteiger partial charge in [0.25, 0.3) is 0 Å². The summed E-state index contributed by atoms with van der Waals surface area (Å²) in [6.07, 6.45) is -9.54. The SMILES string of the molecule is COc1c(-c2cccc(OC(F)(F)F)c2)cccc1C(F)(F)F. The molecule has 0 bridgehead atoms. The molecule has 0 saturated carbocycles. The molecule has 0 aliphatic carbocycles. The monoisotopic (exact) mass is 336 g/mol. The molecule has 0 aliphatic heterocycles. The van der Waals surface area contributed by atoms with Crippen molar-refractivity contribution in [1.29, 1.82) is 0 Å². The van der Waals surface area contributed by atoms with Crippen molar-refractivity contribution in [1.82, 2.24) is 0 Å². The van der Waals surface area contributed by atoms with E-state index in [9.17, 15) is 26.3 Å². The van der Waals surface area contributed by atoms with Gasteiger partial charge in [0.15, 0.2) is 0 Å². The summed E-state index contributed by atoms with van der Waals surface area (Å²) in [5.41, 5.74) is -0.899. The molecule has 0 aromatic heterocycles. The molecule has 2 nitrogen and oxygen atoms in total. The fraction of sp³-hybridized carbons (Fsp3) is 0.200. The van der Waals surface area contributed by atoms with Gasteiger partial charge in [0, 0.05) is 5.56 Å². The molecule has 0 amide bonds. The minimum absolute atomic E-state index is 0.00921. The first kappa shape index (κ1) is 17.0. The van der Waals surface area contributed by atoms with Crippen LogP contribution in [0.25, 0.3) is 11.1 Å². The van der Waals surface area contributed by atoms with Crippen LogP contribution in [-0.4, -0.2) is 13.5 Å². The van der Waals surface area contributed by atoms with E-state index in [1.54, 1.807) is 0 Å². The Morgan fingerprint density at radius 3 is 2.09 bits per heavy atom. The van der Waals surface area contributed by atoms with E-state index in [0.717, 1.165) is 31.4 Å². The van der Waals surface area contributed by atoms with Gasteiger partial charge in [0.1, 0.15) is 11.5 Å². The summed E-state index contributed by atoms with van der Waals surface area (Å²) in [6, 6.07) is 7.96. The molecule has 0 saturated heterocycles. The molecule has 0 fully saturated rings. The molecule has 0 spiro atoms. The predicted molar refractivity (Wildman–Crippen MR) is 70.1 cm³/mol. The Kier molecular flexibility index (Phi) is 4.44. The number of benzene rings is 2. The second-order valence-electron chi connectivity index (χ2n) is 4.46. The second-order valence-corrected chi connectivity index (χ2v) is 4.46. The zero-order valence-electron chi connectivity index (χ0n) is 11.6. The predicted octanol–water partition coefficient (Wildman–Crippen LogP) is 5.28. The second kappa shape index (κ2) is 6.02. The quantitative estimate of drug-likeness (QED) is 0.710. The zero-order valence-corrected chi connectivity index (χ0v) is 11.6. The van der Waals surface area contributed by atoms with Crippen molar-refractivity contribution < 1.29 is 35.8 Å². The molecule has 2 aromatic rings. The Morgan fingerprint density at radius 1 is 0.870 bits per heavy atom. The van der Waals surface area contributed by atoms with Crippen LogP contribution in [0, 0.1) is 0 Å². The van der Waals surface area contributed by atoms with Crippen LogP contribution >= 0.6 is 0 Å². The van der Waals surface area contributed by atoms with Gasteiger partial charge in [-0.05, 0) is 23.8 Å². The summed E-state index contributed by atoms with van der Waals surface area (Å²) >= 11 is 0. The lowest BCUT2D eigenvalue weighted by molar-refractivity contribution is -0.274. The summed E-state index contributed by atoms with van der Waals surface area (Å²) in [5, 5.41) is 0. The average molecular weight is 336 g/mol. The first-order valence-corrected chi connectivity index (χ1v) is 6.22. The molecule has 2 rings (SSSR count). The van der Waals surface area contributed by atoms with Crippen molar-refractivity contribution in [3.63, 3.8) is 0 Å². The van der Waals surface area contributed by atoms with Crippen molar-refractivity contribution in [3.8, 4) is 22.6 Å². The molecule has 124 valence electrons. The maximum atomic E-state index is 13.0. The van der Waals surface area contributed by atoms with E-state index < -0.39 is 29.6 Å². The molecule has 0 N–H and O–H groups in total. The van der Waals surface area contributed by atoms with Gasteiger partial charge in [-0.2, -0.15) is 13.2 Å². The Morgan fingerprint density at radius 2 is 1.52 bits per heavy atom. The van der Waals surface area contributed by atoms with Crippen LogP contribution < -0.4 is 9.47 Å². The number of methoxy groups -OCH3 is 1. The van der Waals surface area contributed by atoms with Gasteiger partial charge in [-0.15, -0.1) is 13.2 Å². The van der Waals surface area contributed by atoms with Gasteiger partial charge in [-0.1, -0.05) is 24.3 Å². The van der Waals surface area contributed by atoms with Crippen LogP contribution in [-0.2, 0) is 6.18 Å². The minimum Gasteiger partial charge on any atom is -0.495 e.